The van der Waals surface area contributed by atoms with Crippen LogP contribution in [0.15, 0.2) is 198 Å². The fourth-order valence-corrected chi connectivity index (χ4v) is 11.7. The Kier molecular flexibility index (Phi) is 6.61. The van der Waals surface area contributed by atoms with Gasteiger partial charge < -0.3 is 4.90 Å². The van der Waals surface area contributed by atoms with Crippen LogP contribution in [0.1, 0.15) is 47.2 Å². The van der Waals surface area contributed by atoms with Gasteiger partial charge in [-0.25, -0.2) is 0 Å². The van der Waals surface area contributed by atoms with Crippen LogP contribution in [-0.4, -0.2) is 0 Å². The summed E-state index contributed by atoms with van der Waals surface area (Å²) < 4.78 is 0. The van der Waals surface area contributed by atoms with Crippen molar-refractivity contribution in [2.45, 2.75) is 34.5 Å². The quantitative estimate of drug-likeness (QED) is 0.178. The number of anilines is 3. The summed E-state index contributed by atoms with van der Waals surface area (Å²) in [5.74, 6) is 0. The van der Waals surface area contributed by atoms with E-state index in [1.54, 1.807) is 0 Å². The van der Waals surface area contributed by atoms with Crippen molar-refractivity contribution in [2.75, 3.05) is 4.90 Å². The van der Waals surface area contributed by atoms with Gasteiger partial charge in [0.25, 0.3) is 0 Å². The summed E-state index contributed by atoms with van der Waals surface area (Å²) in [6, 6.07) is 70.9. The fourth-order valence-electron chi connectivity index (χ4n) is 10.5. The summed E-state index contributed by atoms with van der Waals surface area (Å²) in [5.41, 5.74) is 16.2. The second-order valence-electron chi connectivity index (χ2n) is 16.0. The lowest BCUT2D eigenvalue weighted by atomic mass is 9.59. The van der Waals surface area contributed by atoms with Crippen molar-refractivity contribution in [2.24, 2.45) is 0 Å². The predicted octanol–water partition coefficient (Wildman–Crippen LogP) is 14.6. The first kappa shape index (κ1) is 31.9. The molecule has 264 valence electrons. The molecule has 1 nitrogen and oxygen atoms in total. The summed E-state index contributed by atoms with van der Waals surface area (Å²) >= 11 is 1.90. The second kappa shape index (κ2) is 11.6. The van der Waals surface area contributed by atoms with Crippen LogP contribution in [0.3, 0.4) is 0 Å². The standard InChI is InChI=1S/C54H37NS/c1-53(2)43-22-7-5-19-39(43)41-30-28-36(32-47(41)53)55(49-26-13-15-34-14-3-4-18-38(34)49)37-29-31-51-48(33-37)54(45-24-9-10-27-50(45)56-51)44-23-8-6-20-40(44)42-21-11-16-35-17-12-25-46(54)52(35)42/h3-33H,1-2H3. The van der Waals surface area contributed by atoms with Crippen LogP contribution in [0.25, 0.3) is 43.8 Å². The van der Waals surface area contributed by atoms with Crippen molar-refractivity contribution < 1.29 is 0 Å². The van der Waals surface area contributed by atoms with Gasteiger partial charge in [-0.3, -0.25) is 0 Å². The third kappa shape index (κ3) is 4.17. The van der Waals surface area contributed by atoms with E-state index in [0.717, 1.165) is 11.4 Å². The second-order valence-corrected chi connectivity index (χ2v) is 17.1. The van der Waals surface area contributed by atoms with Crippen molar-refractivity contribution in [3.8, 4) is 22.3 Å². The maximum absolute atomic E-state index is 2.52. The largest absolute Gasteiger partial charge is 0.310 e. The predicted molar refractivity (Wildman–Crippen MR) is 235 cm³/mol. The van der Waals surface area contributed by atoms with E-state index in [9.17, 15) is 0 Å². The van der Waals surface area contributed by atoms with Crippen molar-refractivity contribution in [3.63, 3.8) is 0 Å². The van der Waals surface area contributed by atoms with E-state index in [1.807, 2.05) is 11.8 Å². The molecule has 2 heteroatoms. The van der Waals surface area contributed by atoms with Gasteiger partial charge in [-0.1, -0.05) is 171 Å². The molecule has 1 heterocycles. The first-order valence-electron chi connectivity index (χ1n) is 19.6. The number of hydrogen-bond acceptors (Lipinski definition) is 2. The number of rotatable bonds is 3. The lowest BCUT2D eigenvalue weighted by Crippen LogP contribution is -2.36. The van der Waals surface area contributed by atoms with Crippen LogP contribution >= 0.6 is 11.8 Å². The molecule has 1 atom stereocenters. The normalized spacial score (nSPS) is 16.5. The molecule has 0 aromatic heterocycles. The van der Waals surface area contributed by atoms with E-state index in [2.05, 4.69) is 207 Å². The third-order valence-electron chi connectivity index (χ3n) is 12.9. The average Bonchev–Trinajstić information content (AvgIpc) is 3.48. The first-order valence-corrected chi connectivity index (χ1v) is 20.4. The van der Waals surface area contributed by atoms with E-state index < -0.39 is 5.41 Å². The van der Waals surface area contributed by atoms with Crippen molar-refractivity contribution in [1.82, 2.24) is 0 Å². The average molecular weight is 732 g/mol. The fraction of sp³-hybridized carbons (Fsp3) is 0.0741. The zero-order chi connectivity index (χ0) is 37.2. The number of benzene rings is 9. The molecule has 0 bridgehead atoms. The van der Waals surface area contributed by atoms with Gasteiger partial charge in [0.2, 0.25) is 0 Å². The summed E-state index contributed by atoms with van der Waals surface area (Å²) in [5, 5.41) is 5.08. The van der Waals surface area contributed by atoms with Crippen LogP contribution in [-0.2, 0) is 10.8 Å². The minimum absolute atomic E-state index is 0.121. The van der Waals surface area contributed by atoms with Crippen molar-refractivity contribution in [3.05, 3.63) is 221 Å². The third-order valence-corrected chi connectivity index (χ3v) is 14.1. The summed E-state index contributed by atoms with van der Waals surface area (Å²) in [6.07, 6.45) is 0. The molecule has 0 fully saturated rings. The Labute approximate surface area is 331 Å². The van der Waals surface area contributed by atoms with Gasteiger partial charge in [-0.2, -0.15) is 0 Å². The molecule has 2 aliphatic carbocycles. The van der Waals surface area contributed by atoms with Gasteiger partial charge in [0, 0.05) is 32.0 Å². The van der Waals surface area contributed by atoms with Gasteiger partial charge in [-0.15, -0.1) is 0 Å². The molecule has 0 saturated heterocycles. The smallest absolute Gasteiger partial charge is 0.0736 e. The molecule has 0 radical (unpaired) electrons. The summed E-state index contributed by atoms with van der Waals surface area (Å²) in [7, 11) is 0. The van der Waals surface area contributed by atoms with E-state index >= 15 is 0 Å². The molecule has 9 aromatic rings. The lowest BCUT2D eigenvalue weighted by Gasteiger charge is -2.46. The lowest BCUT2D eigenvalue weighted by molar-refractivity contribution is 0.660. The number of nitrogens with zero attached hydrogens (tertiary/aromatic N) is 1. The van der Waals surface area contributed by atoms with E-state index in [-0.39, 0.29) is 5.41 Å². The van der Waals surface area contributed by atoms with E-state index in [4.69, 9.17) is 0 Å². The van der Waals surface area contributed by atoms with Crippen LogP contribution in [0.5, 0.6) is 0 Å². The van der Waals surface area contributed by atoms with Crippen LogP contribution in [0.2, 0.25) is 0 Å². The molecule has 0 saturated carbocycles. The van der Waals surface area contributed by atoms with Crippen molar-refractivity contribution in [1.29, 1.82) is 0 Å². The Morgan fingerprint density at radius 1 is 0.393 bits per heavy atom. The highest BCUT2D eigenvalue weighted by molar-refractivity contribution is 7.99. The maximum Gasteiger partial charge on any atom is 0.0736 e. The monoisotopic (exact) mass is 731 g/mol. The Bertz CT molecular complexity index is 3110. The highest BCUT2D eigenvalue weighted by Crippen LogP contribution is 2.62. The molecular weight excluding hydrogens is 695 g/mol. The molecule has 1 unspecified atom stereocenters. The first-order chi connectivity index (χ1) is 27.5. The SMILES string of the molecule is CC1(C)c2ccccc2-c2ccc(N(c3ccc4c(c3)C3(c5ccccc5S4)c4ccccc4-c4cccc5cccc3c45)c3cccc4ccccc34)cc21. The minimum atomic E-state index is -0.524. The number of hydrogen-bond donors (Lipinski definition) is 0. The Morgan fingerprint density at radius 3 is 1.80 bits per heavy atom. The molecule has 56 heavy (non-hydrogen) atoms. The highest BCUT2D eigenvalue weighted by Gasteiger charge is 2.49. The summed E-state index contributed by atoms with van der Waals surface area (Å²) in [4.78, 5) is 5.12. The zero-order valence-electron chi connectivity index (χ0n) is 31.3. The van der Waals surface area contributed by atoms with Gasteiger partial charge >= 0.3 is 0 Å². The molecule has 9 aromatic carbocycles. The number of fused-ring (bicyclic) bond motifs is 12. The maximum atomic E-state index is 2.52. The van der Waals surface area contributed by atoms with Crippen LogP contribution in [0, 0.1) is 0 Å². The molecule has 1 aliphatic heterocycles. The van der Waals surface area contributed by atoms with Crippen LogP contribution < -0.4 is 4.90 Å². The van der Waals surface area contributed by atoms with Gasteiger partial charge in [-0.05, 0) is 114 Å². The molecule has 1 spiro atoms. The molecule has 0 amide bonds. The molecule has 3 aliphatic rings. The Hall–Kier alpha value is -6.35. The van der Waals surface area contributed by atoms with Gasteiger partial charge in [0.1, 0.15) is 0 Å². The molecule has 0 N–H and O–H groups in total. The van der Waals surface area contributed by atoms with Crippen molar-refractivity contribution >= 4 is 50.4 Å². The van der Waals surface area contributed by atoms with Crippen LogP contribution in [0.4, 0.5) is 17.1 Å². The van der Waals surface area contributed by atoms with Gasteiger partial charge in [0.05, 0.1) is 11.1 Å². The minimum Gasteiger partial charge on any atom is -0.310 e. The van der Waals surface area contributed by atoms with Gasteiger partial charge in [0.15, 0.2) is 0 Å². The Balaban J connectivity index is 1.17. The molecule has 12 rings (SSSR count). The van der Waals surface area contributed by atoms with E-state index in [0.29, 0.717) is 0 Å². The van der Waals surface area contributed by atoms with E-state index in [1.165, 1.54) is 92.7 Å². The topological polar surface area (TPSA) is 3.24 Å². The summed E-state index contributed by atoms with van der Waals surface area (Å²) in [6.45, 7) is 4.75. The molecular formula is C54H37NS. The zero-order valence-corrected chi connectivity index (χ0v) is 32.1. The highest BCUT2D eigenvalue weighted by atomic mass is 32.2. The Morgan fingerprint density at radius 2 is 0.946 bits per heavy atom.